The van der Waals surface area contributed by atoms with Crippen molar-refractivity contribution >= 4 is 5.97 Å². The highest BCUT2D eigenvalue weighted by atomic mass is 16.5. The van der Waals surface area contributed by atoms with E-state index in [0.29, 0.717) is 12.0 Å². The molecule has 1 N–H and O–H groups in total. The van der Waals surface area contributed by atoms with Crippen molar-refractivity contribution in [2.75, 3.05) is 26.7 Å². The van der Waals surface area contributed by atoms with Crippen LogP contribution in [0.5, 0.6) is 0 Å². The molecule has 0 bridgehead atoms. The minimum atomic E-state index is -0.471. The molecular formula is C15H28N2O2. The lowest BCUT2D eigenvalue weighted by atomic mass is 9.91. The zero-order chi connectivity index (χ0) is 13.9. The number of esters is 1. The number of carbonyl (C=O) groups is 1. The third-order valence-electron chi connectivity index (χ3n) is 4.74. The van der Waals surface area contributed by atoms with E-state index in [2.05, 4.69) is 24.1 Å². The number of hydrogen-bond acceptors (Lipinski definition) is 4. The summed E-state index contributed by atoms with van der Waals surface area (Å²) in [6.45, 7) is 7.07. The summed E-state index contributed by atoms with van der Waals surface area (Å²) in [6.07, 6.45) is 5.99. The average molecular weight is 268 g/mol. The van der Waals surface area contributed by atoms with Crippen LogP contribution in [0, 0.1) is 5.92 Å². The molecular weight excluding hydrogens is 240 g/mol. The lowest BCUT2D eigenvalue weighted by Gasteiger charge is -2.37. The highest BCUT2D eigenvalue weighted by molar-refractivity contribution is 5.82. The topological polar surface area (TPSA) is 41.6 Å². The minimum absolute atomic E-state index is 0.0707. The smallest absolute Gasteiger partial charge is 0.327 e. The maximum absolute atomic E-state index is 12.4. The molecule has 1 heterocycles. The van der Waals surface area contributed by atoms with E-state index in [0.717, 1.165) is 32.5 Å². The van der Waals surface area contributed by atoms with Crippen molar-refractivity contribution in [2.45, 2.75) is 57.5 Å². The van der Waals surface area contributed by atoms with Crippen LogP contribution in [0.1, 0.15) is 46.0 Å². The number of carbonyl (C=O) groups excluding carboxylic acids is 1. The third-order valence-corrected chi connectivity index (χ3v) is 4.74. The molecule has 19 heavy (non-hydrogen) atoms. The fourth-order valence-corrected chi connectivity index (χ4v) is 3.59. The lowest BCUT2D eigenvalue weighted by Crippen LogP contribution is -2.61. The highest BCUT2D eigenvalue weighted by Crippen LogP contribution is 2.42. The van der Waals surface area contributed by atoms with E-state index in [4.69, 9.17) is 4.74 Å². The SMILES string of the molecule is CCNC(CN1CCCC1CC)(C(=O)OC)C1CC1. The molecule has 1 saturated heterocycles. The molecule has 4 nitrogen and oxygen atoms in total. The van der Waals surface area contributed by atoms with Crippen molar-refractivity contribution < 1.29 is 9.53 Å². The Morgan fingerprint density at radius 3 is 2.63 bits per heavy atom. The van der Waals surface area contributed by atoms with E-state index in [1.54, 1.807) is 0 Å². The lowest BCUT2D eigenvalue weighted by molar-refractivity contribution is -0.151. The summed E-state index contributed by atoms with van der Waals surface area (Å²) in [5.74, 6) is 0.386. The molecule has 2 rings (SSSR count). The molecule has 1 aliphatic carbocycles. The van der Waals surface area contributed by atoms with Crippen molar-refractivity contribution in [3.05, 3.63) is 0 Å². The van der Waals surface area contributed by atoms with Gasteiger partial charge in [0.05, 0.1) is 7.11 Å². The predicted molar refractivity (Wildman–Crippen MR) is 76.0 cm³/mol. The summed E-state index contributed by atoms with van der Waals surface area (Å²) in [7, 11) is 1.51. The molecule has 0 spiro atoms. The van der Waals surface area contributed by atoms with Gasteiger partial charge in [0.25, 0.3) is 0 Å². The molecule has 2 fully saturated rings. The van der Waals surface area contributed by atoms with Crippen LogP contribution in [0.15, 0.2) is 0 Å². The Balaban J connectivity index is 2.14. The quantitative estimate of drug-likeness (QED) is 0.715. The number of nitrogens with zero attached hydrogens (tertiary/aromatic N) is 1. The summed E-state index contributed by atoms with van der Waals surface area (Å²) >= 11 is 0. The second-order valence-corrected chi connectivity index (χ2v) is 5.94. The fraction of sp³-hybridized carbons (Fsp3) is 0.933. The summed E-state index contributed by atoms with van der Waals surface area (Å²) in [4.78, 5) is 14.9. The third kappa shape index (κ3) is 2.95. The summed E-state index contributed by atoms with van der Waals surface area (Å²) in [5, 5.41) is 3.46. The van der Waals surface area contributed by atoms with Gasteiger partial charge in [-0.05, 0) is 51.1 Å². The van der Waals surface area contributed by atoms with Crippen LogP contribution in [0.25, 0.3) is 0 Å². The van der Waals surface area contributed by atoms with E-state index >= 15 is 0 Å². The average Bonchev–Trinajstić information content (AvgIpc) is 3.18. The van der Waals surface area contributed by atoms with E-state index in [9.17, 15) is 4.79 Å². The van der Waals surface area contributed by atoms with Gasteiger partial charge in [0, 0.05) is 12.6 Å². The number of likely N-dealkylation sites (tertiary alicyclic amines) is 1. The summed E-state index contributed by atoms with van der Waals surface area (Å²) < 4.78 is 5.12. The Morgan fingerprint density at radius 1 is 1.37 bits per heavy atom. The molecule has 2 atom stereocenters. The maximum atomic E-state index is 12.4. The number of hydrogen-bond donors (Lipinski definition) is 1. The van der Waals surface area contributed by atoms with Crippen LogP contribution in [-0.2, 0) is 9.53 Å². The van der Waals surface area contributed by atoms with Crippen molar-refractivity contribution in [1.29, 1.82) is 0 Å². The van der Waals surface area contributed by atoms with Gasteiger partial charge < -0.3 is 10.1 Å². The van der Waals surface area contributed by atoms with Crippen LogP contribution in [0.3, 0.4) is 0 Å². The second kappa shape index (κ2) is 6.23. The van der Waals surface area contributed by atoms with Gasteiger partial charge in [-0.2, -0.15) is 0 Å². The van der Waals surface area contributed by atoms with Gasteiger partial charge >= 0.3 is 5.97 Å². The van der Waals surface area contributed by atoms with Gasteiger partial charge in [-0.25, -0.2) is 4.79 Å². The van der Waals surface area contributed by atoms with Gasteiger partial charge in [-0.3, -0.25) is 4.90 Å². The summed E-state index contributed by atoms with van der Waals surface area (Å²) in [5.41, 5.74) is -0.471. The standard InChI is InChI=1S/C15H28N2O2/c1-4-13-7-6-10-17(13)11-15(16-5-2,12-8-9-12)14(18)19-3/h12-13,16H,4-11H2,1-3H3. The molecule has 0 aromatic rings. The van der Waals surface area contributed by atoms with Crippen LogP contribution in [0.2, 0.25) is 0 Å². The van der Waals surface area contributed by atoms with Gasteiger partial charge in [0.1, 0.15) is 5.54 Å². The van der Waals surface area contributed by atoms with Gasteiger partial charge in [-0.1, -0.05) is 13.8 Å². The molecule has 1 saturated carbocycles. The monoisotopic (exact) mass is 268 g/mol. The second-order valence-electron chi connectivity index (χ2n) is 5.94. The molecule has 1 aliphatic heterocycles. The zero-order valence-corrected chi connectivity index (χ0v) is 12.6. The van der Waals surface area contributed by atoms with Crippen LogP contribution < -0.4 is 5.32 Å². The molecule has 0 radical (unpaired) electrons. The Bertz CT molecular complexity index is 317. The number of nitrogens with one attached hydrogen (secondary N) is 1. The first kappa shape index (κ1) is 14.8. The minimum Gasteiger partial charge on any atom is -0.468 e. The van der Waals surface area contributed by atoms with E-state index in [-0.39, 0.29) is 5.97 Å². The maximum Gasteiger partial charge on any atom is 0.327 e. The number of ether oxygens (including phenoxy) is 1. The molecule has 2 unspecified atom stereocenters. The molecule has 0 amide bonds. The van der Waals surface area contributed by atoms with Crippen molar-refractivity contribution in [3.63, 3.8) is 0 Å². The van der Waals surface area contributed by atoms with Crippen LogP contribution in [0.4, 0.5) is 0 Å². The number of likely N-dealkylation sites (N-methyl/N-ethyl adjacent to an activating group) is 1. The molecule has 0 aromatic carbocycles. The van der Waals surface area contributed by atoms with Crippen LogP contribution >= 0.6 is 0 Å². The summed E-state index contributed by atoms with van der Waals surface area (Å²) in [6, 6.07) is 0.640. The van der Waals surface area contributed by atoms with Gasteiger partial charge in [0.15, 0.2) is 0 Å². The van der Waals surface area contributed by atoms with E-state index in [1.165, 1.54) is 26.4 Å². The Hall–Kier alpha value is -0.610. The highest BCUT2D eigenvalue weighted by Gasteiger charge is 2.52. The Labute approximate surface area is 116 Å². The number of methoxy groups -OCH3 is 1. The first-order valence-electron chi connectivity index (χ1n) is 7.75. The fourth-order valence-electron chi connectivity index (χ4n) is 3.59. The molecule has 2 aliphatic rings. The van der Waals surface area contributed by atoms with Gasteiger partial charge in [-0.15, -0.1) is 0 Å². The van der Waals surface area contributed by atoms with Crippen molar-refractivity contribution in [1.82, 2.24) is 10.2 Å². The Morgan fingerprint density at radius 2 is 2.11 bits per heavy atom. The Kier molecular flexibility index (Phi) is 4.85. The van der Waals surface area contributed by atoms with Gasteiger partial charge in [0.2, 0.25) is 0 Å². The largest absolute Gasteiger partial charge is 0.468 e. The normalized spacial score (nSPS) is 27.2. The first-order chi connectivity index (χ1) is 9.17. The first-order valence-corrected chi connectivity index (χ1v) is 7.75. The van der Waals surface area contributed by atoms with Crippen molar-refractivity contribution in [3.8, 4) is 0 Å². The van der Waals surface area contributed by atoms with Crippen molar-refractivity contribution in [2.24, 2.45) is 5.92 Å². The molecule has 0 aromatic heterocycles. The zero-order valence-electron chi connectivity index (χ0n) is 12.6. The predicted octanol–water partition coefficient (Wildman–Crippen LogP) is 1.79. The van der Waals surface area contributed by atoms with E-state index in [1.807, 2.05) is 0 Å². The molecule has 110 valence electrons. The molecule has 4 heteroatoms. The van der Waals surface area contributed by atoms with E-state index < -0.39 is 5.54 Å². The number of rotatable bonds is 7. The van der Waals surface area contributed by atoms with Crippen LogP contribution in [-0.4, -0.2) is 49.2 Å².